The van der Waals surface area contributed by atoms with Crippen LogP contribution in [0.1, 0.15) is 40.9 Å². The van der Waals surface area contributed by atoms with Gasteiger partial charge in [0.25, 0.3) is 5.91 Å². The minimum Gasteiger partial charge on any atom is -0.396 e. The van der Waals surface area contributed by atoms with Crippen LogP contribution in [0.5, 0.6) is 0 Å². The van der Waals surface area contributed by atoms with Crippen LogP contribution in [0.2, 0.25) is 0 Å². The maximum atomic E-state index is 12.2. The Bertz CT molecular complexity index is 1030. The molecule has 138 valence electrons. The number of imide groups is 1. The third-order valence-corrected chi connectivity index (χ3v) is 4.00. The van der Waals surface area contributed by atoms with Crippen molar-refractivity contribution in [3.63, 3.8) is 0 Å². The predicted molar refractivity (Wildman–Crippen MR) is 95.1 cm³/mol. The second-order valence-corrected chi connectivity index (χ2v) is 5.64. The molecule has 1 heterocycles. The lowest BCUT2D eigenvalue weighted by molar-refractivity contribution is -0.108. The van der Waals surface area contributed by atoms with Gasteiger partial charge in [-0.1, -0.05) is 0 Å². The molecule has 0 aliphatic rings. The van der Waals surface area contributed by atoms with Crippen LogP contribution < -0.4 is 10.8 Å². The first-order chi connectivity index (χ1) is 13.1. The zero-order valence-corrected chi connectivity index (χ0v) is 14.8. The molecule has 9 heteroatoms. The highest BCUT2D eigenvalue weighted by molar-refractivity contribution is 5.99. The molecular weight excluding hydrogens is 348 g/mol. The Morgan fingerprint density at radius 1 is 1.30 bits per heavy atom. The van der Waals surface area contributed by atoms with Gasteiger partial charge in [-0.15, -0.1) is 0 Å². The van der Waals surface area contributed by atoms with Crippen LogP contribution in [0, 0.1) is 22.7 Å². The largest absolute Gasteiger partial charge is 0.396 e. The van der Waals surface area contributed by atoms with E-state index >= 15 is 0 Å². The number of unbranched alkanes of at least 4 members (excludes halogenated alkanes) is 2. The van der Waals surface area contributed by atoms with E-state index in [0.29, 0.717) is 30.4 Å². The predicted octanol–water partition coefficient (Wildman–Crippen LogP) is 0.359. The summed E-state index contributed by atoms with van der Waals surface area (Å²) in [6, 6.07) is 6.91. The zero-order valence-electron chi connectivity index (χ0n) is 14.8. The van der Waals surface area contributed by atoms with Gasteiger partial charge in [-0.2, -0.15) is 10.5 Å². The van der Waals surface area contributed by atoms with Crippen molar-refractivity contribution in [3.8, 4) is 12.1 Å². The second-order valence-electron chi connectivity index (χ2n) is 5.64. The number of carbonyl (C=O) groups excluding carboxylic acids is 2. The highest BCUT2D eigenvalue weighted by Gasteiger charge is 2.17. The van der Waals surface area contributed by atoms with Gasteiger partial charge in [0.2, 0.25) is 6.41 Å². The average Bonchev–Trinajstić information content (AvgIpc) is 2.69. The first kappa shape index (κ1) is 19.8. The quantitative estimate of drug-likeness (QED) is 0.535. The molecule has 2 aromatic rings. The summed E-state index contributed by atoms with van der Waals surface area (Å²) < 4.78 is 1.74. The lowest BCUT2D eigenvalue weighted by Gasteiger charge is -2.14. The lowest BCUT2D eigenvalue weighted by atomic mass is 10.1. The standard InChI is InChI=1S/C18H18N6O3/c1-21-17-16(18(27)22-11-26)23-14-7-12(9-19)13(10-20)8-15(14)24(17)5-3-2-4-6-25/h7-8,11,25H,2-6H2,1H3,(H,22,26,27)/b21-17+. The zero-order chi connectivity index (χ0) is 19.8. The molecule has 0 unspecified atom stereocenters. The van der Waals surface area contributed by atoms with Crippen molar-refractivity contribution < 1.29 is 14.7 Å². The van der Waals surface area contributed by atoms with Crippen LogP contribution in [0.3, 0.4) is 0 Å². The van der Waals surface area contributed by atoms with Gasteiger partial charge in [0.15, 0.2) is 11.2 Å². The minimum absolute atomic E-state index is 0.0483. The second kappa shape index (κ2) is 9.22. The van der Waals surface area contributed by atoms with E-state index in [-0.39, 0.29) is 35.3 Å². The van der Waals surface area contributed by atoms with E-state index in [2.05, 4.69) is 15.3 Å². The van der Waals surface area contributed by atoms with Gasteiger partial charge >= 0.3 is 0 Å². The summed E-state index contributed by atoms with van der Waals surface area (Å²) in [6.07, 6.45) is 2.36. The number of aliphatic hydroxyl groups is 1. The van der Waals surface area contributed by atoms with Crippen molar-refractivity contribution in [1.82, 2.24) is 14.9 Å². The number of rotatable bonds is 7. The number of aliphatic hydroxyl groups excluding tert-OH is 1. The van der Waals surface area contributed by atoms with Crippen molar-refractivity contribution in [3.05, 3.63) is 34.4 Å². The molecule has 27 heavy (non-hydrogen) atoms. The van der Waals surface area contributed by atoms with E-state index in [4.69, 9.17) is 5.11 Å². The fraction of sp³-hybridized carbons (Fsp3) is 0.333. The minimum atomic E-state index is -0.709. The van der Waals surface area contributed by atoms with Crippen molar-refractivity contribution in [2.24, 2.45) is 4.99 Å². The van der Waals surface area contributed by atoms with Crippen molar-refractivity contribution in [2.75, 3.05) is 13.7 Å². The summed E-state index contributed by atoms with van der Waals surface area (Å²) >= 11 is 0. The number of nitrogens with one attached hydrogen (secondary N) is 1. The highest BCUT2D eigenvalue weighted by atomic mass is 16.3. The summed E-state index contributed by atoms with van der Waals surface area (Å²) in [5.74, 6) is -0.709. The monoisotopic (exact) mass is 366 g/mol. The topological polar surface area (TPSA) is 144 Å². The number of nitriles is 2. The van der Waals surface area contributed by atoms with Crippen LogP contribution in [-0.2, 0) is 11.3 Å². The Morgan fingerprint density at radius 3 is 2.59 bits per heavy atom. The van der Waals surface area contributed by atoms with E-state index in [9.17, 15) is 20.1 Å². The van der Waals surface area contributed by atoms with Gasteiger partial charge in [-0.3, -0.25) is 19.9 Å². The third-order valence-electron chi connectivity index (χ3n) is 4.00. The molecule has 0 fully saturated rings. The molecular formula is C18H18N6O3. The number of fused-ring (bicyclic) bond motifs is 1. The summed E-state index contributed by atoms with van der Waals surface area (Å²) in [6.45, 7) is 0.549. The third kappa shape index (κ3) is 4.17. The first-order valence-electron chi connectivity index (χ1n) is 8.28. The maximum absolute atomic E-state index is 12.2. The number of benzene rings is 1. The lowest BCUT2D eigenvalue weighted by Crippen LogP contribution is -2.35. The molecule has 0 spiro atoms. The number of aromatic nitrogens is 2. The molecule has 2 amide bonds. The number of nitrogens with zero attached hydrogens (tertiary/aromatic N) is 5. The van der Waals surface area contributed by atoms with Gasteiger partial charge in [0, 0.05) is 20.2 Å². The number of hydrogen-bond donors (Lipinski definition) is 2. The van der Waals surface area contributed by atoms with Crippen molar-refractivity contribution in [2.45, 2.75) is 25.8 Å². The van der Waals surface area contributed by atoms with Crippen molar-refractivity contribution >= 4 is 23.4 Å². The van der Waals surface area contributed by atoms with Gasteiger partial charge in [-0.05, 0) is 31.4 Å². The van der Waals surface area contributed by atoms with Crippen LogP contribution in [0.25, 0.3) is 11.0 Å². The SMILES string of the molecule is C/N=c1\c(C(=O)NC=O)nc2cc(C#N)c(C#N)cc2n1CCCCCO. The fourth-order valence-electron chi connectivity index (χ4n) is 2.77. The van der Waals surface area contributed by atoms with Crippen LogP contribution in [0.4, 0.5) is 0 Å². The molecule has 2 rings (SSSR count). The normalized spacial score (nSPS) is 11.0. The van der Waals surface area contributed by atoms with E-state index in [1.54, 1.807) is 10.6 Å². The average molecular weight is 366 g/mol. The molecule has 0 saturated carbocycles. The molecule has 0 aliphatic carbocycles. The Kier molecular flexibility index (Phi) is 6.75. The summed E-state index contributed by atoms with van der Waals surface area (Å²) in [4.78, 5) is 31.3. The molecule has 0 radical (unpaired) electrons. The molecule has 2 N–H and O–H groups in total. The number of amides is 2. The van der Waals surface area contributed by atoms with Crippen molar-refractivity contribution in [1.29, 1.82) is 10.5 Å². The molecule has 1 aromatic heterocycles. The van der Waals surface area contributed by atoms with Crippen LogP contribution in [-0.4, -0.2) is 40.6 Å². The number of hydrogen-bond acceptors (Lipinski definition) is 7. The maximum Gasteiger partial charge on any atom is 0.280 e. The fourth-order valence-corrected chi connectivity index (χ4v) is 2.77. The molecule has 0 bridgehead atoms. The van der Waals surface area contributed by atoms with E-state index in [1.807, 2.05) is 12.1 Å². The Hall–Kier alpha value is -3.56. The van der Waals surface area contributed by atoms with Gasteiger partial charge in [0.1, 0.15) is 12.1 Å². The smallest absolute Gasteiger partial charge is 0.280 e. The first-order valence-corrected chi connectivity index (χ1v) is 8.28. The van der Waals surface area contributed by atoms with Crippen LogP contribution >= 0.6 is 0 Å². The summed E-state index contributed by atoms with van der Waals surface area (Å²) in [5, 5.41) is 29.5. The summed E-state index contributed by atoms with van der Waals surface area (Å²) in [7, 11) is 1.50. The van der Waals surface area contributed by atoms with E-state index in [0.717, 1.165) is 6.42 Å². The van der Waals surface area contributed by atoms with Crippen LogP contribution in [0.15, 0.2) is 17.1 Å². The van der Waals surface area contributed by atoms with E-state index < -0.39 is 5.91 Å². The van der Waals surface area contributed by atoms with E-state index in [1.165, 1.54) is 13.1 Å². The number of aryl methyl sites for hydroxylation is 1. The molecule has 0 aliphatic heterocycles. The highest BCUT2D eigenvalue weighted by Crippen LogP contribution is 2.18. The number of carbonyl (C=O) groups is 2. The Labute approximate surface area is 155 Å². The Balaban J connectivity index is 2.78. The molecule has 0 saturated heterocycles. The molecule has 0 atom stereocenters. The van der Waals surface area contributed by atoms with Gasteiger partial charge in [-0.25, -0.2) is 4.98 Å². The Morgan fingerprint density at radius 2 is 2.00 bits per heavy atom. The summed E-state index contributed by atoms with van der Waals surface area (Å²) in [5.41, 5.74) is 1.46. The van der Waals surface area contributed by atoms with Gasteiger partial charge < -0.3 is 9.67 Å². The molecule has 9 nitrogen and oxygen atoms in total. The molecule has 1 aromatic carbocycles. The van der Waals surface area contributed by atoms with Gasteiger partial charge in [0.05, 0.1) is 22.2 Å².